The normalized spacial score (nSPS) is 11.5. The zero-order valence-electron chi connectivity index (χ0n) is 21.3. The molecule has 0 aliphatic rings. The molecule has 0 aliphatic carbocycles. The predicted octanol–water partition coefficient (Wildman–Crippen LogP) is 4.24. The lowest BCUT2D eigenvalue weighted by atomic mass is 9.90. The van der Waals surface area contributed by atoms with E-state index in [1.54, 1.807) is 19.4 Å². The fraction of sp³-hybridized carbons (Fsp3) is 0.194. The molecule has 0 radical (unpaired) electrons. The van der Waals surface area contributed by atoms with Crippen LogP contribution in [0.15, 0.2) is 103 Å². The van der Waals surface area contributed by atoms with E-state index in [9.17, 15) is 9.59 Å². The molecule has 1 unspecified atom stereocenters. The molecule has 4 aromatic rings. The number of nitrogen functional groups attached to an aromatic ring is 1. The molecule has 2 amide bonds. The third-order valence-electron chi connectivity index (χ3n) is 6.36. The molecule has 0 saturated carbocycles. The van der Waals surface area contributed by atoms with Crippen molar-refractivity contribution in [2.45, 2.75) is 31.3 Å². The van der Waals surface area contributed by atoms with Crippen LogP contribution in [0, 0.1) is 0 Å². The summed E-state index contributed by atoms with van der Waals surface area (Å²) >= 11 is 0. The number of benzene rings is 3. The minimum absolute atomic E-state index is 0.234. The summed E-state index contributed by atoms with van der Waals surface area (Å²) in [6, 6.07) is 29.5. The number of anilines is 1. The van der Waals surface area contributed by atoms with Crippen LogP contribution in [0.25, 0.3) is 0 Å². The molecule has 0 fully saturated rings. The number of methoxy groups -OCH3 is 1. The van der Waals surface area contributed by atoms with Crippen molar-refractivity contribution in [1.29, 1.82) is 0 Å². The van der Waals surface area contributed by atoms with Crippen molar-refractivity contribution in [2.24, 2.45) is 0 Å². The first-order valence-electron chi connectivity index (χ1n) is 12.5. The number of carbonyl (C=O) groups excluding carboxylic acids is 2. The highest BCUT2D eigenvalue weighted by molar-refractivity contribution is 5.92. The molecule has 7 nitrogen and oxygen atoms in total. The van der Waals surface area contributed by atoms with Crippen LogP contribution in [0.4, 0.5) is 5.82 Å². The second kappa shape index (κ2) is 13.1. The van der Waals surface area contributed by atoms with Gasteiger partial charge < -0.3 is 21.1 Å². The van der Waals surface area contributed by atoms with Crippen LogP contribution in [0.2, 0.25) is 0 Å². The van der Waals surface area contributed by atoms with Crippen molar-refractivity contribution in [2.75, 3.05) is 12.8 Å². The first-order valence-corrected chi connectivity index (χ1v) is 12.5. The number of rotatable bonds is 11. The number of nitrogens with two attached hydrogens (primary N) is 1. The lowest BCUT2D eigenvalue weighted by molar-refractivity contribution is -0.129. The lowest BCUT2D eigenvalue weighted by Crippen LogP contribution is -2.48. The van der Waals surface area contributed by atoms with Gasteiger partial charge in [-0.1, -0.05) is 78.9 Å². The summed E-state index contributed by atoms with van der Waals surface area (Å²) in [5, 5.41) is 6.01. The Morgan fingerprint density at radius 2 is 1.42 bits per heavy atom. The third-order valence-corrected chi connectivity index (χ3v) is 6.36. The van der Waals surface area contributed by atoms with Gasteiger partial charge in [-0.15, -0.1) is 0 Å². The van der Waals surface area contributed by atoms with Crippen molar-refractivity contribution >= 4 is 17.6 Å². The highest BCUT2D eigenvalue weighted by Crippen LogP contribution is 2.25. The summed E-state index contributed by atoms with van der Waals surface area (Å²) in [7, 11) is 1.61. The largest absolute Gasteiger partial charge is 0.497 e. The Kier molecular flexibility index (Phi) is 9.07. The number of nitrogens with one attached hydrogen (secondary N) is 2. The van der Waals surface area contributed by atoms with E-state index in [0.29, 0.717) is 25.2 Å². The zero-order valence-corrected chi connectivity index (χ0v) is 21.3. The van der Waals surface area contributed by atoms with E-state index in [1.165, 1.54) is 0 Å². The lowest BCUT2D eigenvalue weighted by Gasteiger charge is -2.23. The van der Waals surface area contributed by atoms with Gasteiger partial charge in [-0.05, 0) is 53.3 Å². The fourth-order valence-electron chi connectivity index (χ4n) is 4.26. The number of nitrogens with zero attached hydrogens (tertiary/aromatic N) is 1. The maximum Gasteiger partial charge on any atom is 0.242 e. The first-order chi connectivity index (χ1) is 18.5. The topological polar surface area (TPSA) is 106 Å². The SMILES string of the molecule is COc1ccc(CNC(=O)C(CCc2ccc(N)nc2)NC(=O)C(c2ccccc2)c2ccccc2)cc1. The van der Waals surface area contributed by atoms with Gasteiger partial charge in [0, 0.05) is 12.7 Å². The second-order valence-electron chi connectivity index (χ2n) is 9.01. The van der Waals surface area contributed by atoms with Crippen LogP contribution >= 0.6 is 0 Å². The van der Waals surface area contributed by atoms with Crippen molar-refractivity contribution < 1.29 is 14.3 Å². The molecule has 1 atom stereocenters. The molecule has 0 bridgehead atoms. The van der Waals surface area contributed by atoms with Crippen molar-refractivity contribution in [1.82, 2.24) is 15.6 Å². The molecule has 4 N–H and O–H groups in total. The van der Waals surface area contributed by atoms with Gasteiger partial charge in [-0.3, -0.25) is 9.59 Å². The molecule has 194 valence electrons. The van der Waals surface area contributed by atoms with E-state index in [-0.39, 0.29) is 11.8 Å². The number of pyridine rings is 1. The minimum Gasteiger partial charge on any atom is -0.497 e. The molecular formula is C31H32N4O3. The Balaban J connectivity index is 1.52. The summed E-state index contributed by atoms with van der Waals surface area (Å²) in [4.78, 5) is 31.2. The van der Waals surface area contributed by atoms with Crippen LogP contribution in [0.1, 0.15) is 34.6 Å². The van der Waals surface area contributed by atoms with Crippen LogP contribution in [0.5, 0.6) is 5.75 Å². The van der Waals surface area contributed by atoms with Crippen LogP contribution < -0.4 is 21.1 Å². The number of hydrogen-bond acceptors (Lipinski definition) is 5. The third kappa shape index (κ3) is 7.20. The highest BCUT2D eigenvalue weighted by Gasteiger charge is 2.27. The number of aromatic nitrogens is 1. The van der Waals surface area contributed by atoms with E-state index in [2.05, 4.69) is 15.6 Å². The van der Waals surface area contributed by atoms with E-state index in [4.69, 9.17) is 10.5 Å². The molecule has 0 aliphatic heterocycles. The Bertz CT molecular complexity index is 1270. The van der Waals surface area contributed by atoms with Crippen LogP contribution in [-0.2, 0) is 22.6 Å². The minimum atomic E-state index is -0.742. The number of amides is 2. The van der Waals surface area contributed by atoms with Crippen LogP contribution in [0.3, 0.4) is 0 Å². The molecule has 7 heteroatoms. The Morgan fingerprint density at radius 3 is 1.97 bits per heavy atom. The van der Waals surface area contributed by atoms with Gasteiger partial charge in [0.25, 0.3) is 0 Å². The van der Waals surface area contributed by atoms with Crippen LogP contribution in [-0.4, -0.2) is 29.9 Å². The molecule has 38 heavy (non-hydrogen) atoms. The molecule has 0 spiro atoms. The first kappa shape index (κ1) is 26.4. The average Bonchev–Trinajstić information content (AvgIpc) is 2.96. The summed E-state index contributed by atoms with van der Waals surface area (Å²) < 4.78 is 5.21. The van der Waals surface area contributed by atoms with Crippen molar-refractivity contribution in [3.8, 4) is 5.75 Å². The van der Waals surface area contributed by atoms with Gasteiger partial charge in [0.05, 0.1) is 13.0 Å². The van der Waals surface area contributed by atoms with Gasteiger partial charge in [0.1, 0.15) is 17.6 Å². The molecule has 1 aromatic heterocycles. The number of hydrogen-bond donors (Lipinski definition) is 3. The summed E-state index contributed by atoms with van der Waals surface area (Å²) in [6.45, 7) is 0.333. The summed E-state index contributed by atoms with van der Waals surface area (Å²) in [5.41, 5.74) is 9.29. The monoisotopic (exact) mass is 508 g/mol. The maximum absolute atomic E-state index is 13.7. The average molecular weight is 509 g/mol. The molecule has 3 aromatic carbocycles. The molecule has 4 rings (SSSR count). The molecular weight excluding hydrogens is 476 g/mol. The Hall–Kier alpha value is -4.65. The quantitative estimate of drug-likeness (QED) is 0.281. The standard InChI is InChI=1S/C31H32N4O3/c1-38-26-16-12-22(13-17-26)21-34-30(36)27(18-14-23-15-19-28(32)33-20-23)35-31(37)29(24-8-4-2-5-9-24)25-10-6-3-7-11-25/h2-13,15-17,19-20,27,29H,14,18,21H2,1H3,(H2,32,33)(H,34,36)(H,35,37). The van der Waals surface area contributed by atoms with Gasteiger partial charge in [0.2, 0.25) is 11.8 Å². The molecule has 1 heterocycles. The Morgan fingerprint density at radius 1 is 0.816 bits per heavy atom. The summed E-state index contributed by atoms with van der Waals surface area (Å²) in [6.07, 6.45) is 2.65. The maximum atomic E-state index is 13.7. The van der Waals surface area contributed by atoms with Gasteiger partial charge >= 0.3 is 0 Å². The smallest absolute Gasteiger partial charge is 0.242 e. The van der Waals surface area contributed by atoms with Crippen molar-refractivity contribution in [3.63, 3.8) is 0 Å². The van der Waals surface area contributed by atoms with Gasteiger partial charge in [-0.25, -0.2) is 4.98 Å². The highest BCUT2D eigenvalue weighted by atomic mass is 16.5. The van der Waals surface area contributed by atoms with Gasteiger partial charge in [-0.2, -0.15) is 0 Å². The number of ether oxygens (including phenoxy) is 1. The predicted molar refractivity (Wildman–Crippen MR) is 148 cm³/mol. The number of carbonyl (C=O) groups is 2. The Labute approximate surface area is 223 Å². The van der Waals surface area contributed by atoms with E-state index in [1.807, 2.05) is 91.0 Å². The number of aryl methyl sites for hydroxylation is 1. The fourth-order valence-corrected chi connectivity index (χ4v) is 4.26. The second-order valence-corrected chi connectivity index (χ2v) is 9.01. The van der Waals surface area contributed by atoms with Gasteiger partial charge in [0.15, 0.2) is 0 Å². The summed E-state index contributed by atoms with van der Waals surface area (Å²) in [5.74, 6) is 0.145. The molecule has 0 saturated heterocycles. The zero-order chi connectivity index (χ0) is 26.7. The van der Waals surface area contributed by atoms with E-state index < -0.39 is 12.0 Å². The van der Waals surface area contributed by atoms with E-state index >= 15 is 0 Å². The van der Waals surface area contributed by atoms with Crippen molar-refractivity contribution in [3.05, 3.63) is 126 Å². The van der Waals surface area contributed by atoms with E-state index in [0.717, 1.165) is 28.0 Å².